The number of hydrogen-bond acceptors (Lipinski definition) is 2. The monoisotopic (exact) mass is 293 g/mol. The van der Waals surface area contributed by atoms with Crippen LogP contribution in [-0.4, -0.2) is 13.7 Å². The van der Waals surface area contributed by atoms with Crippen LogP contribution in [0, 0.1) is 5.82 Å². The highest BCUT2D eigenvalue weighted by Crippen LogP contribution is 2.24. The molecule has 4 heteroatoms. The predicted molar refractivity (Wildman–Crippen MR) is 79.9 cm³/mol. The third-order valence-electron chi connectivity index (χ3n) is 3.35. The Morgan fingerprint density at radius 3 is 2.45 bits per heavy atom. The molecular formula is C16H17ClFNO. The van der Waals surface area contributed by atoms with Crippen molar-refractivity contribution in [1.29, 1.82) is 0 Å². The molecule has 0 bridgehead atoms. The van der Waals surface area contributed by atoms with E-state index in [-0.39, 0.29) is 11.7 Å². The normalized spacial score (nSPS) is 12.2. The minimum Gasteiger partial charge on any atom is -0.497 e. The molecule has 0 aliphatic carbocycles. The fourth-order valence-electron chi connectivity index (χ4n) is 2.17. The first-order valence-corrected chi connectivity index (χ1v) is 6.79. The molecular weight excluding hydrogens is 277 g/mol. The number of hydrogen-bond donors (Lipinski definition) is 1. The summed E-state index contributed by atoms with van der Waals surface area (Å²) >= 11 is 5.76. The van der Waals surface area contributed by atoms with Crippen molar-refractivity contribution >= 4 is 11.6 Å². The first-order valence-electron chi connectivity index (χ1n) is 6.42. The summed E-state index contributed by atoms with van der Waals surface area (Å²) in [6.45, 7) is 0.453. The second kappa shape index (κ2) is 6.73. The Bertz CT molecular complexity index is 571. The van der Waals surface area contributed by atoms with E-state index in [2.05, 4.69) is 0 Å². The lowest BCUT2D eigenvalue weighted by molar-refractivity contribution is 0.414. The maximum absolute atomic E-state index is 13.8. The van der Waals surface area contributed by atoms with Crippen LogP contribution in [0.25, 0.3) is 0 Å². The molecule has 0 saturated heterocycles. The van der Waals surface area contributed by atoms with E-state index in [1.165, 1.54) is 6.07 Å². The maximum atomic E-state index is 13.8. The molecule has 1 atom stereocenters. The number of methoxy groups -OCH3 is 1. The summed E-state index contributed by atoms with van der Waals surface area (Å²) in [4.78, 5) is 0. The fraction of sp³-hybridized carbons (Fsp3) is 0.250. The number of nitrogens with two attached hydrogens (primary N) is 1. The van der Waals surface area contributed by atoms with Crippen molar-refractivity contribution in [2.24, 2.45) is 5.73 Å². The van der Waals surface area contributed by atoms with Crippen LogP contribution in [0.3, 0.4) is 0 Å². The zero-order valence-corrected chi connectivity index (χ0v) is 12.0. The fourth-order valence-corrected chi connectivity index (χ4v) is 2.32. The standard InChI is InChI=1S/C16H17ClFNO/c1-20-15-6-3-11(4-7-15)13(10-19)8-12-2-5-14(17)9-16(12)18/h2-7,9,13H,8,10,19H2,1H3. The Morgan fingerprint density at radius 1 is 1.20 bits per heavy atom. The summed E-state index contributed by atoms with van der Waals surface area (Å²) in [5.74, 6) is 0.572. The molecule has 0 radical (unpaired) electrons. The van der Waals surface area contributed by atoms with Gasteiger partial charge in [-0.1, -0.05) is 29.8 Å². The minimum atomic E-state index is -0.288. The molecule has 2 nitrogen and oxygen atoms in total. The van der Waals surface area contributed by atoms with Gasteiger partial charge in [0.1, 0.15) is 11.6 Å². The highest BCUT2D eigenvalue weighted by Gasteiger charge is 2.13. The van der Waals surface area contributed by atoms with Gasteiger partial charge in [0.2, 0.25) is 0 Å². The van der Waals surface area contributed by atoms with E-state index in [1.54, 1.807) is 19.2 Å². The smallest absolute Gasteiger partial charge is 0.127 e. The SMILES string of the molecule is COc1ccc(C(CN)Cc2ccc(Cl)cc2F)cc1. The van der Waals surface area contributed by atoms with Gasteiger partial charge in [-0.15, -0.1) is 0 Å². The van der Waals surface area contributed by atoms with Crippen molar-refractivity contribution in [3.05, 3.63) is 64.4 Å². The Kier molecular flexibility index (Phi) is 4.99. The van der Waals surface area contributed by atoms with E-state index < -0.39 is 0 Å². The third kappa shape index (κ3) is 3.50. The Balaban J connectivity index is 2.19. The number of ether oxygens (including phenoxy) is 1. The van der Waals surface area contributed by atoms with Crippen molar-refractivity contribution in [3.8, 4) is 5.75 Å². The quantitative estimate of drug-likeness (QED) is 0.911. The molecule has 0 aliphatic heterocycles. The van der Waals surface area contributed by atoms with Gasteiger partial charge in [0.25, 0.3) is 0 Å². The van der Waals surface area contributed by atoms with Crippen molar-refractivity contribution in [2.45, 2.75) is 12.3 Å². The minimum absolute atomic E-state index is 0.0663. The summed E-state index contributed by atoms with van der Waals surface area (Å²) in [5, 5.41) is 0.403. The average molecular weight is 294 g/mol. The van der Waals surface area contributed by atoms with Crippen LogP contribution >= 0.6 is 11.6 Å². The van der Waals surface area contributed by atoms with Crippen LogP contribution in [0.1, 0.15) is 17.0 Å². The largest absolute Gasteiger partial charge is 0.497 e. The summed E-state index contributed by atoms with van der Waals surface area (Å²) in [7, 11) is 1.62. The number of rotatable bonds is 5. The van der Waals surface area contributed by atoms with E-state index in [1.807, 2.05) is 24.3 Å². The van der Waals surface area contributed by atoms with Gasteiger partial charge in [0, 0.05) is 10.9 Å². The van der Waals surface area contributed by atoms with Crippen molar-refractivity contribution in [2.75, 3.05) is 13.7 Å². The molecule has 0 aromatic heterocycles. The Morgan fingerprint density at radius 2 is 1.90 bits per heavy atom. The van der Waals surface area contributed by atoms with E-state index >= 15 is 0 Å². The second-order valence-corrected chi connectivity index (χ2v) is 5.08. The van der Waals surface area contributed by atoms with Gasteiger partial charge < -0.3 is 10.5 Å². The van der Waals surface area contributed by atoms with Crippen LogP contribution < -0.4 is 10.5 Å². The first-order chi connectivity index (χ1) is 9.63. The van der Waals surface area contributed by atoms with Crippen LogP contribution in [0.4, 0.5) is 4.39 Å². The van der Waals surface area contributed by atoms with Crippen molar-refractivity contribution in [3.63, 3.8) is 0 Å². The van der Waals surface area contributed by atoms with Gasteiger partial charge in [-0.2, -0.15) is 0 Å². The van der Waals surface area contributed by atoms with Gasteiger partial charge >= 0.3 is 0 Å². The van der Waals surface area contributed by atoms with Gasteiger partial charge in [-0.25, -0.2) is 4.39 Å². The third-order valence-corrected chi connectivity index (χ3v) is 3.59. The summed E-state index contributed by atoms with van der Waals surface area (Å²) in [6.07, 6.45) is 0.547. The average Bonchev–Trinajstić information content (AvgIpc) is 2.47. The Hall–Kier alpha value is -1.58. The zero-order valence-electron chi connectivity index (χ0n) is 11.3. The van der Waals surface area contributed by atoms with Crippen LogP contribution in [0.2, 0.25) is 5.02 Å². The molecule has 2 aromatic carbocycles. The van der Waals surface area contributed by atoms with Gasteiger partial charge in [0.15, 0.2) is 0 Å². The molecule has 20 heavy (non-hydrogen) atoms. The zero-order chi connectivity index (χ0) is 14.5. The second-order valence-electron chi connectivity index (χ2n) is 4.65. The Labute approximate surface area is 123 Å². The summed E-state index contributed by atoms with van der Waals surface area (Å²) in [6, 6.07) is 12.4. The van der Waals surface area contributed by atoms with Crippen molar-refractivity contribution in [1.82, 2.24) is 0 Å². The van der Waals surface area contributed by atoms with Crippen LogP contribution in [-0.2, 0) is 6.42 Å². The number of halogens is 2. The first kappa shape index (κ1) is 14.8. The molecule has 2 aromatic rings. The van der Waals surface area contributed by atoms with E-state index in [4.69, 9.17) is 22.1 Å². The van der Waals surface area contributed by atoms with Crippen LogP contribution in [0.5, 0.6) is 5.75 Å². The highest BCUT2D eigenvalue weighted by atomic mass is 35.5. The van der Waals surface area contributed by atoms with Gasteiger partial charge in [-0.3, -0.25) is 0 Å². The molecule has 0 amide bonds. The topological polar surface area (TPSA) is 35.2 Å². The number of benzene rings is 2. The van der Waals surface area contributed by atoms with Crippen molar-refractivity contribution < 1.29 is 9.13 Å². The maximum Gasteiger partial charge on any atom is 0.127 e. The van der Waals surface area contributed by atoms with E-state index in [9.17, 15) is 4.39 Å². The highest BCUT2D eigenvalue weighted by molar-refractivity contribution is 6.30. The molecule has 0 aliphatic rings. The van der Waals surface area contributed by atoms with Gasteiger partial charge in [-0.05, 0) is 48.4 Å². The lowest BCUT2D eigenvalue weighted by atomic mass is 9.92. The molecule has 1 unspecified atom stereocenters. The molecule has 106 valence electrons. The molecule has 0 fully saturated rings. The van der Waals surface area contributed by atoms with Crippen LogP contribution in [0.15, 0.2) is 42.5 Å². The lowest BCUT2D eigenvalue weighted by Gasteiger charge is -2.16. The predicted octanol–water partition coefficient (Wildman–Crippen LogP) is 3.77. The van der Waals surface area contributed by atoms with Gasteiger partial charge in [0.05, 0.1) is 7.11 Å². The molecule has 0 heterocycles. The molecule has 2 N–H and O–H groups in total. The summed E-state index contributed by atoms with van der Waals surface area (Å²) in [5.41, 5.74) is 7.52. The van der Waals surface area contributed by atoms with E-state index in [0.717, 1.165) is 11.3 Å². The lowest BCUT2D eigenvalue weighted by Crippen LogP contribution is -2.15. The summed E-state index contributed by atoms with van der Waals surface area (Å²) < 4.78 is 19.0. The van der Waals surface area contributed by atoms with E-state index in [0.29, 0.717) is 23.6 Å². The molecule has 0 spiro atoms. The molecule has 2 rings (SSSR count). The molecule has 0 saturated carbocycles.